The van der Waals surface area contributed by atoms with Crippen LogP contribution in [0, 0.1) is 5.41 Å². The summed E-state index contributed by atoms with van der Waals surface area (Å²) in [5.74, 6) is 0.868. The highest BCUT2D eigenvalue weighted by atomic mass is 16.1. The lowest BCUT2D eigenvalue weighted by Crippen LogP contribution is -2.39. The van der Waals surface area contributed by atoms with Gasteiger partial charge in [-0.25, -0.2) is 4.98 Å². The Kier molecular flexibility index (Phi) is 5.11. The van der Waals surface area contributed by atoms with E-state index in [2.05, 4.69) is 15.4 Å². The topological polar surface area (TPSA) is 85.8 Å². The van der Waals surface area contributed by atoms with Crippen molar-refractivity contribution in [3.8, 4) is 0 Å². The zero-order chi connectivity index (χ0) is 14.4. The lowest BCUT2D eigenvalue weighted by atomic mass is 9.71. The van der Waals surface area contributed by atoms with Crippen LogP contribution in [-0.4, -0.2) is 33.8 Å². The van der Waals surface area contributed by atoms with Crippen LogP contribution in [0.4, 0.5) is 0 Å². The third kappa shape index (κ3) is 4.03. The van der Waals surface area contributed by atoms with Crippen LogP contribution in [0.15, 0.2) is 6.33 Å². The highest BCUT2D eigenvalue weighted by Crippen LogP contribution is 2.38. The summed E-state index contributed by atoms with van der Waals surface area (Å²) in [7, 11) is 1.84. The Hall–Kier alpha value is -1.43. The molecule has 2 rings (SSSR count). The number of carbonyl (C=O) groups is 1. The van der Waals surface area contributed by atoms with E-state index in [0.717, 1.165) is 18.7 Å². The molecule has 0 spiro atoms. The Morgan fingerprint density at radius 3 is 2.80 bits per heavy atom. The first-order chi connectivity index (χ1) is 9.63. The Balaban J connectivity index is 1.74. The van der Waals surface area contributed by atoms with Gasteiger partial charge in [0.05, 0.1) is 0 Å². The van der Waals surface area contributed by atoms with Gasteiger partial charge in [-0.05, 0) is 24.8 Å². The van der Waals surface area contributed by atoms with Crippen molar-refractivity contribution in [3.63, 3.8) is 0 Å². The number of carbonyl (C=O) groups excluding carboxylic acids is 1. The molecule has 1 aliphatic rings. The van der Waals surface area contributed by atoms with Crippen molar-refractivity contribution < 1.29 is 4.79 Å². The summed E-state index contributed by atoms with van der Waals surface area (Å²) < 4.78 is 1.67. The monoisotopic (exact) mass is 279 g/mol. The Labute approximate surface area is 120 Å². The molecule has 0 atom stereocenters. The van der Waals surface area contributed by atoms with Gasteiger partial charge in [-0.15, -0.1) is 0 Å². The van der Waals surface area contributed by atoms with Crippen LogP contribution in [0.3, 0.4) is 0 Å². The van der Waals surface area contributed by atoms with Gasteiger partial charge in [0.25, 0.3) is 0 Å². The molecule has 0 bridgehead atoms. The fraction of sp³-hybridized carbons (Fsp3) is 0.786. The molecule has 0 unspecified atom stereocenters. The summed E-state index contributed by atoms with van der Waals surface area (Å²) in [6.07, 6.45) is 8.72. The smallest absolute Gasteiger partial charge is 0.220 e. The summed E-state index contributed by atoms with van der Waals surface area (Å²) in [5, 5.41) is 7.15. The third-order valence-corrected chi connectivity index (χ3v) is 4.20. The van der Waals surface area contributed by atoms with Gasteiger partial charge in [-0.2, -0.15) is 5.10 Å². The summed E-state index contributed by atoms with van der Waals surface area (Å²) in [6.45, 7) is 1.20. The maximum Gasteiger partial charge on any atom is 0.220 e. The minimum atomic E-state index is 0.0333. The highest BCUT2D eigenvalue weighted by molar-refractivity contribution is 5.76. The van der Waals surface area contributed by atoms with E-state index in [-0.39, 0.29) is 11.3 Å². The van der Waals surface area contributed by atoms with Crippen molar-refractivity contribution in [2.24, 2.45) is 18.2 Å². The molecule has 1 amide bonds. The lowest BCUT2D eigenvalue weighted by molar-refractivity contribution is -0.123. The molecule has 1 aliphatic carbocycles. The van der Waals surface area contributed by atoms with Gasteiger partial charge in [-0.3, -0.25) is 9.48 Å². The van der Waals surface area contributed by atoms with E-state index in [1.807, 2.05) is 7.05 Å². The quantitative estimate of drug-likeness (QED) is 0.805. The number of nitrogens with one attached hydrogen (secondary N) is 1. The second-order valence-corrected chi connectivity index (χ2v) is 5.88. The van der Waals surface area contributed by atoms with Crippen LogP contribution in [0.25, 0.3) is 0 Å². The van der Waals surface area contributed by atoms with Gasteiger partial charge in [-0.1, -0.05) is 19.3 Å². The second kappa shape index (κ2) is 6.83. The molecule has 0 radical (unpaired) electrons. The number of rotatable bonds is 6. The summed E-state index contributed by atoms with van der Waals surface area (Å²) in [5.41, 5.74) is 5.94. The zero-order valence-electron chi connectivity index (χ0n) is 12.3. The van der Waals surface area contributed by atoms with E-state index in [4.69, 9.17) is 5.73 Å². The van der Waals surface area contributed by atoms with Crippen molar-refractivity contribution in [3.05, 3.63) is 12.2 Å². The SMILES string of the molecule is Cn1cnc(CCNC(=O)CC2(CN)CCCCC2)n1. The van der Waals surface area contributed by atoms with Crippen molar-refractivity contribution >= 4 is 5.91 Å². The van der Waals surface area contributed by atoms with Gasteiger partial charge in [0.2, 0.25) is 5.91 Å². The maximum atomic E-state index is 12.1. The van der Waals surface area contributed by atoms with E-state index in [9.17, 15) is 4.79 Å². The Morgan fingerprint density at radius 1 is 1.45 bits per heavy atom. The highest BCUT2D eigenvalue weighted by Gasteiger charge is 2.32. The number of hydrogen-bond donors (Lipinski definition) is 2. The first-order valence-electron chi connectivity index (χ1n) is 7.45. The molecule has 0 aromatic carbocycles. The molecule has 3 N–H and O–H groups in total. The first kappa shape index (κ1) is 15.0. The van der Waals surface area contributed by atoms with Gasteiger partial charge < -0.3 is 11.1 Å². The van der Waals surface area contributed by atoms with Crippen LogP contribution in [0.1, 0.15) is 44.3 Å². The fourth-order valence-electron chi connectivity index (χ4n) is 2.97. The number of amides is 1. The van der Waals surface area contributed by atoms with Crippen LogP contribution in [0.2, 0.25) is 0 Å². The first-order valence-corrected chi connectivity index (χ1v) is 7.45. The van der Waals surface area contributed by atoms with E-state index >= 15 is 0 Å². The molecule has 1 heterocycles. The van der Waals surface area contributed by atoms with Crippen molar-refractivity contribution in [2.75, 3.05) is 13.1 Å². The van der Waals surface area contributed by atoms with E-state index in [0.29, 0.717) is 25.9 Å². The molecule has 1 saturated carbocycles. The zero-order valence-corrected chi connectivity index (χ0v) is 12.3. The molecule has 20 heavy (non-hydrogen) atoms. The minimum absolute atomic E-state index is 0.0333. The molecule has 1 fully saturated rings. The summed E-state index contributed by atoms with van der Waals surface area (Å²) in [6, 6.07) is 0. The molecule has 0 aliphatic heterocycles. The van der Waals surface area contributed by atoms with Gasteiger partial charge >= 0.3 is 0 Å². The minimum Gasteiger partial charge on any atom is -0.356 e. The Bertz CT molecular complexity index is 437. The predicted octanol–water partition coefficient (Wildman–Crippen LogP) is 0.773. The molecule has 112 valence electrons. The average molecular weight is 279 g/mol. The third-order valence-electron chi connectivity index (χ3n) is 4.20. The maximum absolute atomic E-state index is 12.1. The van der Waals surface area contributed by atoms with Crippen LogP contribution in [0.5, 0.6) is 0 Å². The molecule has 6 nitrogen and oxygen atoms in total. The molecule has 6 heteroatoms. The van der Waals surface area contributed by atoms with Crippen LogP contribution in [-0.2, 0) is 18.3 Å². The molecular weight excluding hydrogens is 254 g/mol. The number of nitrogens with two attached hydrogens (primary N) is 1. The lowest BCUT2D eigenvalue weighted by Gasteiger charge is -2.35. The van der Waals surface area contributed by atoms with Gasteiger partial charge in [0.15, 0.2) is 5.82 Å². The summed E-state index contributed by atoms with van der Waals surface area (Å²) >= 11 is 0. The van der Waals surface area contributed by atoms with Crippen molar-refractivity contribution in [1.82, 2.24) is 20.1 Å². The van der Waals surface area contributed by atoms with Crippen LogP contribution < -0.4 is 11.1 Å². The molecular formula is C14H25N5O. The number of aryl methyl sites for hydroxylation is 1. The van der Waals surface area contributed by atoms with Gasteiger partial charge in [0, 0.05) is 26.4 Å². The second-order valence-electron chi connectivity index (χ2n) is 5.88. The normalized spacial score (nSPS) is 17.9. The van der Waals surface area contributed by atoms with Crippen LogP contribution >= 0.6 is 0 Å². The molecule has 1 aromatic rings. The molecule has 1 aromatic heterocycles. The largest absolute Gasteiger partial charge is 0.356 e. The fourth-order valence-corrected chi connectivity index (χ4v) is 2.97. The average Bonchev–Trinajstić information content (AvgIpc) is 2.85. The van der Waals surface area contributed by atoms with E-state index in [1.165, 1.54) is 19.3 Å². The number of nitrogens with zero attached hydrogens (tertiary/aromatic N) is 3. The van der Waals surface area contributed by atoms with Crippen molar-refractivity contribution in [2.45, 2.75) is 44.9 Å². The Morgan fingerprint density at radius 2 is 2.20 bits per heavy atom. The van der Waals surface area contributed by atoms with Gasteiger partial charge in [0.1, 0.15) is 6.33 Å². The van der Waals surface area contributed by atoms with Crippen molar-refractivity contribution in [1.29, 1.82) is 0 Å². The molecule has 0 saturated heterocycles. The van der Waals surface area contributed by atoms with E-state index < -0.39 is 0 Å². The number of aromatic nitrogens is 3. The summed E-state index contributed by atoms with van der Waals surface area (Å²) in [4.78, 5) is 16.2. The predicted molar refractivity (Wildman–Crippen MR) is 76.9 cm³/mol. The number of hydrogen-bond acceptors (Lipinski definition) is 4. The standard InChI is InChI=1S/C14H25N5O/c1-19-11-17-12(18-19)5-8-16-13(20)9-14(10-15)6-3-2-4-7-14/h11H,2-10,15H2,1H3,(H,16,20). The van der Waals surface area contributed by atoms with E-state index in [1.54, 1.807) is 11.0 Å².